The largest absolute Gasteiger partial charge is 0.345 e. The third-order valence-corrected chi connectivity index (χ3v) is 8.38. The summed E-state index contributed by atoms with van der Waals surface area (Å²) in [5.74, 6) is 1.72. The van der Waals surface area contributed by atoms with Crippen molar-refractivity contribution >= 4 is 5.91 Å². The van der Waals surface area contributed by atoms with E-state index in [1.54, 1.807) is 4.90 Å². The van der Waals surface area contributed by atoms with Gasteiger partial charge in [0.25, 0.3) is 5.91 Å². The number of quaternary nitrogens is 2. The molecule has 2 aliphatic carbocycles. The molecular formula is C23H37N3O+2. The Labute approximate surface area is 164 Å². The van der Waals surface area contributed by atoms with Gasteiger partial charge in [-0.05, 0) is 43.4 Å². The van der Waals surface area contributed by atoms with E-state index in [1.165, 1.54) is 29.7 Å². The van der Waals surface area contributed by atoms with Crippen LogP contribution >= 0.6 is 0 Å². The molecule has 0 spiro atoms. The molecule has 2 bridgehead atoms. The highest BCUT2D eigenvalue weighted by molar-refractivity contribution is 5.78. The van der Waals surface area contributed by atoms with Crippen LogP contribution in [0.4, 0.5) is 0 Å². The number of rotatable bonds is 5. The quantitative estimate of drug-likeness (QED) is 0.684. The van der Waals surface area contributed by atoms with E-state index < -0.39 is 0 Å². The first-order chi connectivity index (χ1) is 12.9. The molecule has 1 saturated heterocycles. The fraction of sp³-hybridized carbons (Fsp3) is 0.696. The smallest absolute Gasteiger partial charge is 0.275 e. The number of carbonyl (C=O) groups excluding carboxylic acids is 1. The Morgan fingerprint density at radius 1 is 1.00 bits per heavy atom. The van der Waals surface area contributed by atoms with Crippen molar-refractivity contribution in [2.24, 2.45) is 17.3 Å². The number of carbonyl (C=O) groups is 1. The van der Waals surface area contributed by atoms with Gasteiger partial charge in [-0.15, -0.1) is 0 Å². The lowest BCUT2D eigenvalue weighted by Gasteiger charge is -2.48. The molecule has 1 aliphatic heterocycles. The van der Waals surface area contributed by atoms with Crippen LogP contribution in [0.15, 0.2) is 30.3 Å². The summed E-state index contributed by atoms with van der Waals surface area (Å²) in [5.41, 5.74) is 1.62. The maximum absolute atomic E-state index is 12.9. The molecule has 1 aromatic carbocycles. The minimum Gasteiger partial charge on any atom is -0.345 e. The summed E-state index contributed by atoms with van der Waals surface area (Å²) in [6, 6.07) is 10.8. The number of hydrogen-bond acceptors (Lipinski definition) is 1. The van der Waals surface area contributed by atoms with Gasteiger partial charge < -0.3 is 15.1 Å². The Hall–Kier alpha value is -1.39. The van der Waals surface area contributed by atoms with Gasteiger partial charge in [0.05, 0.1) is 0 Å². The third kappa shape index (κ3) is 3.54. The van der Waals surface area contributed by atoms with E-state index in [1.807, 2.05) is 0 Å². The maximum Gasteiger partial charge on any atom is 0.275 e. The number of piperazine rings is 1. The number of nitrogens with one attached hydrogen (secondary N) is 3. The molecule has 0 aromatic heterocycles. The first-order valence-corrected chi connectivity index (χ1v) is 10.9. The minimum absolute atomic E-state index is 0.0210. The molecule has 0 radical (unpaired) electrons. The van der Waals surface area contributed by atoms with Gasteiger partial charge in [-0.3, -0.25) is 4.79 Å². The minimum atomic E-state index is -0.0210. The van der Waals surface area contributed by atoms with Gasteiger partial charge in [0.2, 0.25) is 0 Å². The zero-order valence-corrected chi connectivity index (χ0v) is 17.3. The van der Waals surface area contributed by atoms with E-state index in [0.717, 1.165) is 38.6 Å². The van der Waals surface area contributed by atoms with Crippen LogP contribution < -0.4 is 15.1 Å². The number of amides is 1. The van der Waals surface area contributed by atoms with Gasteiger partial charge in [0.1, 0.15) is 32.7 Å². The van der Waals surface area contributed by atoms with E-state index in [9.17, 15) is 4.79 Å². The number of fused-ring (bicyclic) bond motifs is 2. The van der Waals surface area contributed by atoms with E-state index in [4.69, 9.17) is 0 Å². The van der Waals surface area contributed by atoms with Gasteiger partial charge >= 0.3 is 0 Å². The highest BCUT2D eigenvalue weighted by Gasteiger charge is 2.60. The van der Waals surface area contributed by atoms with Crippen molar-refractivity contribution in [3.63, 3.8) is 0 Å². The van der Waals surface area contributed by atoms with E-state index in [-0.39, 0.29) is 16.9 Å². The first kappa shape index (κ1) is 18.9. The molecular weight excluding hydrogens is 334 g/mol. The van der Waals surface area contributed by atoms with E-state index in [0.29, 0.717) is 12.5 Å². The Morgan fingerprint density at radius 3 is 2.26 bits per heavy atom. The lowest BCUT2D eigenvalue weighted by molar-refractivity contribution is -1.02. The molecule has 1 amide bonds. The van der Waals surface area contributed by atoms with Gasteiger partial charge in [0.15, 0.2) is 6.54 Å². The van der Waals surface area contributed by atoms with Crippen molar-refractivity contribution in [3.8, 4) is 0 Å². The van der Waals surface area contributed by atoms with Crippen molar-refractivity contribution in [1.82, 2.24) is 5.32 Å². The lowest BCUT2D eigenvalue weighted by Crippen LogP contribution is -3.28. The molecule has 2 saturated carbocycles. The van der Waals surface area contributed by atoms with Crippen molar-refractivity contribution in [1.29, 1.82) is 0 Å². The molecule has 4 rings (SSSR count). The number of hydrogen-bond donors (Lipinski definition) is 3. The summed E-state index contributed by atoms with van der Waals surface area (Å²) in [5, 5.41) is 3.51. The Kier molecular flexibility index (Phi) is 5.06. The van der Waals surface area contributed by atoms with Gasteiger partial charge in [-0.1, -0.05) is 44.2 Å². The molecule has 3 atom stereocenters. The summed E-state index contributed by atoms with van der Waals surface area (Å²) in [6.07, 6.45) is 3.94. The summed E-state index contributed by atoms with van der Waals surface area (Å²) in [4.78, 5) is 16.0. The molecule has 4 heteroatoms. The second-order valence-corrected chi connectivity index (χ2v) is 10.0. The van der Waals surface area contributed by atoms with E-state index in [2.05, 4.69) is 56.4 Å². The molecule has 1 aromatic rings. The molecule has 3 N–H and O–H groups in total. The maximum atomic E-state index is 12.9. The third-order valence-electron chi connectivity index (χ3n) is 8.38. The van der Waals surface area contributed by atoms with E-state index >= 15 is 0 Å². The van der Waals surface area contributed by atoms with Crippen LogP contribution in [-0.4, -0.2) is 44.2 Å². The molecule has 0 unspecified atom stereocenters. The van der Waals surface area contributed by atoms with Crippen LogP contribution in [0.5, 0.6) is 0 Å². The fourth-order valence-corrected chi connectivity index (χ4v) is 6.13. The van der Waals surface area contributed by atoms with Gasteiger partial charge in [-0.25, -0.2) is 0 Å². The molecule has 1 heterocycles. The van der Waals surface area contributed by atoms with Crippen molar-refractivity contribution in [2.75, 3.05) is 32.7 Å². The lowest BCUT2D eigenvalue weighted by atomic mass is 9.64. The van der Waals surface area contributed by atoms with Crippen molar-refractivity contribution < 1.29 is 14.6 Å². The fourth-order valence-electron chi connectivity index (χ4n) is 6.13. The number of benzene rings is 1. The Balaban J connectivity index is 1.26. The Bertz CT molecular complexity index is 665. The SMILES string of the molecule is CC1(C)[C@@H]2CC[C@@H](C2)[C@@]1(C)NC(=O)C[NH+]1CC[NH+](Cc2ccccc2)CC1. The van der Waals surface area contributed by atoms with Crippen LogP contribution in [-0.2, 0) is 11.3 Å². The van der Waals surface area contributed by atoms with Crippen molar-refractivity contribution in [2.45, 2.75) is 52.1 Å². The van der Waals surface area contributed by atoms with Crippen LogP contribution in [0.25, 0.3) is 0 Å². The summed E-state index contributed by atoms with van der Waals surface area (Å²) in [6.45, 7) is 13.3. The van der Waals surface area contributed by atoms with Crippen molar-refractivity contribution in [3.05, 3.63) is 35.9 Å². The average Bonchev–Trinajstić information content (AvgIpc) is 3.20. The molecule has 3 fully saturated rings. The van der Waals surface area contributed by atoms with Crippen LogP contribution in [0, 0.1) is 17.3 Å². The Morgan fingerprint density at radius 2 is 1.63 bits per heavy atom. The highest BCUT2D eigenvalue weighted by Crippen LogP contribution is 2.61. The van der Waals surface area contributed by atoms with Gasteiger partial charge in [0, 0.05) is 11.1 Å². The second-order valence-electron chi connectivity index (χ2n) is 10.0. The second kappa shape index (κ2) is 7.21. The topological polar surface area (TPSA) is 38.0 Å². The van der Waals surface area contributed by atoms with Gasteiger partial charge in [-0.2, -0.15) is 0 Å². The standard InChI is InChI=1S/C23H35N3O/c1-22(2)19-9-10-20(15-19)23(22,3)24-21(27)17-26-13-11-25(12-14-26)16-18-7-5-4-6-8-18/h4-8,19-20H,9-17H2,1-3H3,(H,24,27)/p+2/t19-,20+,23-/m1/s1. The predicted octanol–water partition coefficient (Wildman–Crippen LogP) is 0.301. The average molecular weight is 372 g/mol. The van der Waals surface area contributed by atoms with Crippen LogP contribution in [0.3, 0.4) is 0 Å². The molecule has 27 heavy (non-hydrogen) atoms. The summed E-state index contributed by atoms with van der Waals surface area (Å²) in [7, 11) is 0. The predicted molar refractivity (Wildman–Crippen MR) is 108 cm³/mol. The first-order valence-electron chi connectivity index (χ1n) is 10.9. The highest BCUT2D eigenvalue weighted by atomic mass is 16.2. The molecule has 148 valence electrons. The molecule has 4 nitrogen and oxygen atoms in total. The van der Waals surface area contributed by atoms with Crippen LogP contribution in [0.2, 0.25) is 0 Å². The summed E-state index contributed by atoms with van der Waals surface area (Å²) >= 11 is 0. The van der Waals surface area contributed by atoms with Crippen LogP contribution in [0.1, 0.15) is 45.6 Å². The summed E-state index contributed by atoms with van der Waals surface area (Å²) < 4.78 is 0. The normalized spacial score (nSPS) is 37.3. The zero-order chi connectivity index (χ0) is 19.1. The monoisotopic (exact) mass is 371 g/mol. The zero-order valence-electron chi connectivity index (χ0n) is 17.3. The molecule has 3 aliphatic rings.